The molecular formula is C46H31NO. The van der Waals surface area contributed by atoms with Crippen LogP contribution in [0.5, 0.6) is 0 Å². The minimum atomic E-state index is 0.918. The van der Waals surface area contributed by atoms with Crippen molar-refractivity contribution in [2.24, 2.45) is 0 Å². The van der Waals surface area contributed by atoms with E-state index < -0.39 is 0 Å². The predicted molar refractivity (Wildman–Crippen MR) is 202 cm³/mol. The summed E-state index contributed by atoms with van der Waals surface area (Å²) in [7, 11) is 0. The van der Waals surface area contributed by atoms with E-state index in [0.29, 0.717) is 0 Å². The molecule has 0 spiro atoms. The Morgan fingerprint density at radius 2 is 0.896 bits per heavy atom. The quantitative estimate of drug-likeness (QED) is 0.185. The van der Waals surface area contributed by atoms with Crippen molar-refractivity contribution >= 4 is 49.8 Å². The first-order valence-corrected chi connectivity index (χ1v) is 16.3. The molecule has 0 bridgehead atoms. The second-order valence-corrected chi connectivity index (χ2v) is 12.2. The summed E-state index contributed by atoms with van der Waals surface area (Å²) in [5.74, 6) is 0. The molecule has 0 aliphatic carbocycles. The monoisotopic (exact) mass is 613 g/mol. The number of nitrogens with zero attached hydrogens (tertiary/aromatic N) is 1. The van der Waals surface area contributed by atoms with E-state index in [2.05, 4.69) is 181 Å². The van der Waals surface area contributed by atoms with Crippen LogP contribution in [0, 0.1) is 0 Å². The smallest absolute Gasteiger partial charge is 0.136 e. The molecule has 1 heterocycles. The topological polar surface area (TPSA) is 16.4 Å². The maximum absolute atomic E-state index is 6.19. The molecule has 0 fully saturated rings. The molecular weight excluding hydrogens is 583 g/mol. The van der Waals surface area contributed by atoms with Gasteiger partial charge in [-0.2, -0.15) is 0 Å². The van der Waals surface area contributed by atoms with E-state index in [1.807, 2.05) is 12.1 Å². The third-order valence-corrected chi connectivity index (χ3v) is 9.28. The van der Waals surface area contributed by atoms with E-state index >= 15 is 0 Å². The van der Waals surface area contributed by atoms with Crippen LogP contribution in [0.4, 0.5) is 17.1 Å². The standard InChI is InChI=1S/C46H31NO/c1-3-11-32(12-4-1)34-19-25-38(26-20-34)47(39-27-21-35(22-28-39)33-13-5-2-6-14-33)43-17-9-7-15-40(43)36-23-29-41-37(31-36)24-30-45-46(41)42-16-8-10-18-44(42)48-45/h1-31H. The molecule has 0 amide bonds. The van der Waals surface area contributed by atoms with E-state index in [1.165, 1.54) is 38.4 Å². The first-order chi connectivity index (χ1) is 23.8. The van der Waals surface area contributed by atoms with Crippen LogP contribution in [0.25, 0.3) is 66.1 Å². The molecule has 2 heteroatoms. The predicted octanol–water partition coefficient (Wildman–Crippen LogP) is 13.2. The second kappa shape index (κ2) is 11.8. The Kier molecular flexibility index (Phi) is 6.84. The minimum Gasteiger partial charge on any atom is -0.456 e. The maximum atomic E-state index is 6.19. The van der Waals surface area contributed by atoms with Gasteiger partial charge in [-0.15, -0.1) is 0 Å². The number of furan rings is 1. The lowest BCUT2D eigenvalue weighted by molar-refractivity contribution is 0.669. The van der Waals surface area contributed by atoms with Crippen molar-refractivity contribution in [2.45, 2.75) is 0 Å². The Morgan fingerprint density at radius 3 is 1.56 bits per heavy atom. The fourth-order valence-corrected chi connectivity index (χ4v) is 6.93. The van der Waals surface area contributed by atoms with Gasteiger partial charge < -0.3 is 9.32 Å². The van der Waals surface area contributed by atoms with E-state index in [9.17, 15) is 0 Å². The molecule has 1 aromatic heterocycles. The molecule has 9 rings (SSSR count). The van der Waals surface area contributed by atoms with Gasteiger partial charge in [-0.1, -0.05) is 140 Å². The van der Waals surface area contributed by atoms with Crippen molar-refractivity contribution in [3.63, 3.8) is 0 Å². The number of fused-ring (bicyclic) bond motifs is 5. The van der Waals surface area contributed by atoms with Crippen LogP contribution < -0.4 is 4.90 Å². The first kappa shape index (κ1) is 27.9. The highest BCUT2D eigenvalue weighted by atomic mass is 16.3. The Bertz CT molecular complexity index is 2450. The van der Waals surface area contributed by atoms with Gasteiger partial charge in [0.2, 0.25) is 0 Å². The van der Waals surface area contributed by atoms with Gasteiger partial charge in [-0.25, -0.2) is 0 Å². The summed E-state index contributed by atoms with van der Waals surface area (Å²) in [6.07, 6.45) is 0. The normalized spacial score (nSPS) is 11.3. The summed E-state index contributed by atoms with van der Waals surface area (Å²) in [5.41, 5.74) is 12.3. The number of hydrogen-bond acceptors (Lipinski definition) is 2. The zero-order valence-electron chi connectivity index (χ0n) is 26.3. The summed E-state index contributed by atoms with van der Waals surface area (Å²) in [4.78, 5) is 2.37. The van der Waals surface area contributed by atoms with Gasteiger partial charge in [0.1, 0.15) is 11.2 Å². The number of para-hydroxylation sites is 2. The van der Waals surface area contributed by atoms with Gasteiger partial charge in [0.25, 0.3) is 0 Å². The fraction of sp³-hybridized carbons (Fsp3) is 0. The van der Waals surface area contributed by atoms with Gasteiger partial charge in [0.05, 0.1) is 5.69 Å². The van der Waals surface area contributed by atoms with E-state index in [1.54, 1.807) is 0 Å². The summed E-state index contributed by atoms with van der Waals surface area (Å²) >= 11 is 0. The fourth-order valence-electron chi connectivity index (χ4n) is 6.93. The number of rotatable bonds is 6. The highest BCUT2D eigenvalue weighted by molar-refractivity contribution is 6.19. The van der Waals surface area contributed by atoms with Gasteiger partial charge in [-0.05, 0) is 87.1 Å². The molecule has 0 aliphatic rings. The van der Waals surface area contributed by atoms with Gasteiger partial charge in [-0.3, -0.25) is 0 Å². The van der Waals surface area contributed by atoms with Gasteiger partial charge in [0.15, 0.2) is 0 Å². The molecule has 0 aliphatic heterocycles. The van der Waals surface area contributed by atoms with Crippen LogP contribution in [0.1, 0.15) is 0 Å². The van der Waals surface area contributed by atoms with E-state index in [0.717, 1.165) is 44.7 Å². The Balaban J connectivity index is 1.18. The summed E-state index contributed by atoms with van der Waals surface area (Å²) in [5, 5.41) is 4.70. The Morgan fingerprint density at radius 1 is 0.354 bits per heavy atom. The SMILES string of the molecule is c1ccc(-c2ccc(N(c3ccc(-c4ccccc4)cc3)c3ccccc3-c3ccc4c(ccc5oc6ccccc6c54)c3)cc2)cc1. The highest BCUT2D eigenvalue weighted by Crippen LogP contribution is 2.43. The lowest BCUT2D eigenvalue weighted by Crippen LogP contribution is -2.11. The Hall–Kier alpha value is -6.38. The lowest BCUT2D eigenvalue weighted by Gasteiger charge is -2.28. The second-order valence-electron chi connectivity index (χ2n) is 12.2. The molecule has 0 saturated carbocycles. The number of anilines is 3. The van der Waals surface area contributed by atoms with Crippen molar-refractivity contribution in [3.8, 4) is 33.4 Å². The maximum Gasteiger partial charge on any atom is 0.136 e. The van der Waals surface area contributed by atoms with Crippen LogP contribution in [-0.4, -0.2) is 0 Å². The van der Waals surface area contributed by atoms with Crippen molar-refractivity contribution in [1.29, 1.82) is 0 Å². The largest absolute Gasteiger partial charge is 0.456 e. The van der Waals surface area contributed by atoms with Crippen LogP contribution in [0.15, 0.2) is 192 Å². The molecule has 0 saturated heterocycles. The molecule has 226 valence electrons. The zero-order chi connectivity index (χ0) is 31.9. The third kappa shape index (κ3) is 4.92. The van der Waals surface area contributed by atoms with Crippen molar-refractivity contribution in [2.75, 3.05) is 4.90 Å². The molecule has 8 aromatic carbocycles. The summed E-state index contributed by atoms with van der Waals surface area (Å²) in [6, 6.07) is 67.0. The van der Waals surface area contributed by atoms with E-state index in [4.69, 9.17) is 4.42 Å². The van der Waals surface area contributed by atoms with Gasteiger partial charge in [0, 0.05) is 27.7 Å². The molecule has 9 aromatic rings. The zero-order valence-corrected chi connectivity index (χ0v) is 26.3. The summed E-state index contributed by atoms with van der Waals surface area (Å²) < 4.78 is 6.19. The number of hydrogen-bond donors (Lipinski definition) is 0. The Labute approximate surface area is 279 Å². The van der Waals surface area contributed by atoms with Gasteiger partial charge >= 0.3 is 0 Å². The lowest BCUT2D eigenvalue weighted by atomic mass is 9.96. The average Bonchev–Trinajstić information content (AvgIpc) is 3.56. The van der Waals surface area contributed by atoms with Crippen molar-refractivity contribution in [1.82, 2.24) is 0 Å². The van der Waals surface area contributed by atoms with Crippen molar-refractivity contribution < 1.29 is 4.42 Å². The van der Waals surface area contributed by atoms with Crippen LogP contribution in [0.2, 0.25) is 0 Å². The van der Waals surface area contributed by atoms with Crippen LogP contribution in [-0.2, 0) is 0 Å². The highest BCUT2D eigenvalue weighted by Gasteiger charge is 2.18. The number of benzene rings is 8. The minimum absolute atomic E-state index is 0.918. The van der Waals surface area contributed by atoms with Crippen LogP contribution >= 0.6 is 0 Å². The average molecular weight is 614 g/mol. The molecule has 48 heavy (non-hydrogen) atoms. The molecule has 0 atom stereocenters. The van der Waals surface area contributed by atoms with E-state index in [-0.39, 0.29) is 0 Å². The summed E-state index contributed by atoms with van der Waals surface area (Å²) in [6.45, 7) is 0. The molecule has 0 N–H and O–H groups in total. The molecule has 0 unspecified atom stereocenters. The molecule has 2 nitrogen and oxygen atoms in total. The first-order valence-electron chi connectivity index (χ1n) is 16.3. The third-order valence-electron chi connectivity index (χ3n) is 9.28. The molecule has 0 radical (unpaired) electrons. The van der Waals surface area contributed by atoms with Crippen LogP contribution in [0.3, 0.4) is 0 Å². The van der Waals surface area contributed by atoms with Crippen molar-refractivity contribution in [3.05, 3.63) is 188 Å².